The van der Waals surface area contributed by atoms with Crippen LogP contribution in [-0.4, -0.2) is 43.3 Å². The van der Waals surface area contributed by atoms with Gasteiger partial charge >= 0.3 is 0 Å². The number of sulfonamides is 1. The first-order valence-corrected chi connectivity index (χ1v) is 15.0. The quantitative estimate of drug-likeness (QED) is 0.318. The predicted molar refractivity (Wildman–Crippen MR) is 161 cm³/mol. The molecule has 7 nitrogen and oxygen atoms in total. The molecule has 0 saturated carbocycles. The Balaban J connectivity index is 2.04. The summed E-state index contributed by atoms with van der Waals surface area (Å²) in [6.07, 6.45) is 0. The number of anilines is 1. The molecule has 0 radical (unpaired) electrons. The molecule has 3 rings (SSSR count). The van der Waals surface area contributed by atoms with E-state index in [9.17, 15) is 18.0 Å². The summed E-state index contributed by atoms with van der Waals surface area (Å²) in [5.41, 5.74) is 2.29. The lowest BCUT2D eigenvalue weighted by molar-refractivity contribution is -0.140. The van der Waals surface area contributed by atoms with E-state index in [1.807, 2.05) is 34.6 Å². The lowest BCUT2D eigenvalue weighted by Crippen LogP contribution is -2.54. The molecule has 0 saturated heterocycles. The molecule has 2 amide bonds. The Hall–Kier alpha value is -3.07. The topological polar surface area (TPSA) is 86.8 Å². The van der Waals surface area contributed by atoms with E-state index in [0.717, 1.165) is 15.4 Å². The number of rotatable bonds is 9. The van der Waals surface area contributed by atoms with Crippen molar-refractivity contribution in [1.29, 1.82) is 0 Å². The molecule has 40 heavy (non-hydrogen) atoms. The Morgan fingerprint density at radius 1 is 0.875 bits per heavy atom. The number of nitrogens with one attached hydrogen (secondary N) is 1. The second kappa shape index (κ2) is 12.6. The summed E-state index contributed by atoms with van der Waals surface area (Å²) in [4.78, 5) is 28.6. The summed E-state index contributed by atoms with van der Waals surface area (Å²) < 4.78 is 28.8. The normalized spacial score (nSPS) is 12.5. The molecule has 0 aromatic heterocycles. The first-order chi connectivity index (χ1) is 18.6. The van der Waals surface area contributed by atoms with Gasteiger partial charge in [-0.25, -0.2) is 8.42 Å². The van der Waals surface area contributed by atoms with Gasteiger partial charge in [-0.1, -0.05) is 64.7 Å². The van der Waals surface area contributed by atoms with Crippen molar-refractivity contribution in [2.45, 2.75) is 64.6 Å². The maximum Gasteiger partial charge on any atom is 0.264 e. The van der Waals surface area contributed by atoms with Gasteiger partial charge in [-0.3, -0.25) is 13.9 Å². The van der Waals surface area contributed by atoms with Gasteiger partial charge in [0.1, 0.15) is 12.6 Å². The smallest absolute Gasteiger partial charge is 0.264 e. The van der Waals surface area contributed by atoms with E-state index in [1.54, 1.807) is 61.5 Å². The molecule has 0 aliphatic carbocycles. The average Bonchev–Trinajstić information content (AvgIpc) is 2.87. The Morgan fingerprint density at radius 2 is 1.43 bits per heavy atom. The van der Waals surface area contributed by atoms with Gasteiger partial charge in [-0.05, 0) is 83.5 Å². The highest BCUT2D eigenvalue weighted by Crippen LogP contribution is 2.27. The van der Waals surface area contributed by atoms with E-state index in [-0.39, 0.29) is 17.3 Å². The summed E-state index contributed by atoms with van der Waals surface area (Å²) in [5.74, 6) is -0.928. The Labute approximate surface area is 247 Å². The van der Waals surface area contributed by atoms with Gasteiger partial charge in [-0.15, -0.1) is 0 Å². The van der Waals surface area contributed by atoms with Crippen molar-refractivity contribution < 1.29 is 18.0 Å². The van der Waals surface area contributed by atoms with Crippen molar-refractivity contribution in [2.75, 3.05) is 10.8 Å². The van der Waals surface area contributed by atoms with Gasteiger partial charge in [0.25, 0.3) is 10.0 Å². The molecule has 0 aliphatic heterocycles. The van der Waals surface area contributed by atoms with E-state index < -0.39 is 34.1 Å². The van der Waals surface area contributed by atoms with Crippen LogP contribution in [0.5, 0.6) is 0 Å². The zero-order valence-corrected chi connectivity index (χ0v) is 25.9. The van der Waals surface area contributed by atoms with E-state index in [4.69, 9.17) is 23.2 Å². The molecule has 0 aliphatic rings. The first kappa shape index (κ1) is 31.5. The summed E-state index contributed by atoms with van der Waals surface area (Å²) >= 11 is 12.3. The predicted octanol–water partition coefficient (Wildman–Crippen LogP) is 6.14. The van der Waals surface area contributed by atoms with Crippen LogP contribution < -0.4 is 9.62 Å². The number of carbonyl (C=O) groups excluding carboxylic acids is 2. The van der Waals surface area contributed by atoms with Crippen LogP contribution in [0.15, 0.2) is 71.6 Å². The van der Waals surface area contributed by atoms with Crippen LogP contribution in [0, 0.1) is 13.8 Å². The third kappa shape index (κ3) is 7.99. The van der Waals surface area contributed by atoms with Gasteiger partial charge in [0, 0.05) is 12.1 Å². The number of nitrogens with zero attached hydrogens (tertiary/aromatic N) is 2. The standard InChI is InChI=1S/C30H35Cl2N3O4S/c1-20-7-12-24(13-8-20)35(40(38,39)25-14-9-21(2)10-15-25)19-28(36)34(22(3)29(37)33-30(4,5)6)18-23-11-16-26(31)27(32)17-23/h7-17,22H,18-19H2,1-6H3,(H,33,37). The van der Waals surface area contributed by atoms with E-state index in [1.165, 1.54) is 17.0 Å². The van der Waals surface area contributed by atoms with E-state index in [2.05, 4.69) is 5.32 Å². The number of benzene rings is 3. The molecule has 1 unspecified atom stereocenters. The molecule has 3 aromatic rings. The van der Waals surface area contributed by atoms with Gasteiger partial charge in [-0.2, -0.15) is 0 Å². The highest BCUT2D eigenvalue weighted by molar-refractivity contribution is 7.92. The van der Waals surface area contributed by atoms with Crippen molar-refractivity contribution in [3.63, 3.8) is 0 Å². The monoisotopic (exact) mass is 603 g/mol. The third-order valence-electron chi connectivity index (χ3n) is 6.21. The van der Waals surface area contributed by atoms with Crippen LogP contribution in [0.3, 0.4) is 0 Å². The number of aryl methyl sites for hydroxylation is 2. The van der Waals surface area contributed by atoms with Gasteiger partial charge in [0.05, 0.1) is 20.6 Å². The molecule has 1 atom stereocenters. The first-order valence-electron chi connectivity index (χ1n) is 12.8. The summed E-state index contributed by atoms with van der Waals surface area (Å²) in [7, 11) is -4.13. The zero-order valence-electron chi connectivity index (χ0n) is 23.5. The van der Waals surface area contributed by atoms with Crippen molar-refractivity contribution >= 4 is 50.7 Å². The lowest BCUT2D eigenvalue weighted by Gasteiger charge is -2.33. The van der Waals surface area contributed by atoms with Crippen molar-refractivity contribution in [3.8, 4) is 0 Å². The van der Waals surface area contributed by atoms with Crippen LogP contribution in [0.1, 0.15) is 44.4 Å². The second-order valence-electron chi connectivity index (χ2n) is 10.8. The highest BCUT2D eigenvalue weighted by Gasteiger charge is 2.33. The molecule has 1 N–H and O–H groups in total. The number of hydrogen-bond acceptors (Lipinski definition) is 4. The van der Waals surface area contributed by atoms with Crippen LogP contribution in [-0.2, 0) is 26.2 Å². The Bertz CT molecular complexity index is 1470. The molecule has 3 aromatic carbocycles. The van der Waals surface area contributed by atoms with E-state index >= 15 is 0 Å². The minimum absolute atomic E-state index is 0.0147. The molecule has 0 fully saturated rings. The summed E-state index contributed by atoms with van der Waals surface area (Å²) in [6, 6.07) is 17.4. The fourth-order valence-corrected chi connectivity index (χ4v) is 5.70. The fourth-order valence-electron chi connectivity index (χ4n) is 3.97. The van der Waals surface area contributed by atoms with Crippen molar-refractivity contribution in [3.05, 3.63) is 93.5 Å². The number of amides is 2. The van der Waals surface area contributed by atoms with Crippen molar-refractivity contribution in [2.24, 2.45) is 0 Å². The van der Waals surface area contributed by atoms with Gasteiger partial charge < -0.3 is 10.2 Å². The molecule has 10 heteroatoms. The SMILES string of the molecule is Cc1ccc(N(CC(=O)N(Cc2ccc(Cl)c(Cl)c2)C(C)C(=O)NC(C)(C)C)S(=O)(=O)c2ccc(C)cc2)cc1. The third-order valence-corrected chi connectivity index (χ3v) is 8.74. The Kier molecular flexibility index (Phi) is 9.93. The Morgan fingerprint density at radius 3 is 1.95 bits per heavy atom. The maximum atomic E-state index is 14.0. The largest absolute Gasteiger partial charge is 0.350 e. The minimum Gasteiger partial charge on any atom is -0.350 e. The van der Waals surface area contributed by atoms with Crippen molar-refractivity contribution in [1.82, 2.24) is 10.2 Å². The summed E-state index contributed by atoms with van der Waals surface area (Å²) in [5, 5.41) is 3.57. The van der Waals surface area contributed by atoms with Crippen LogP contribution in [0.25, 0.3) is 0 Å². The molecule has 0 heterocycles. The molecular weight excluding hydrogens is 569 g/mol. The van der Waals surface area contributed by atoms with Gasteiger partial charge in [0.15, 0.2) is 0 Å². The van der Waals surface area contributed by atoms with Crippen LogP contribution in [0.4, 0.5) is 5.69 Å². The second-order valence-corrected chi connectivity index (χ2v) is 13.5. The lowest BCUT2D eigenvalue weighted by atomic mass is 10.1. The van der Waals surface area contributed by atoms with Gasteiger partial charge in [0.2, 0.25) is 11.8 Å². The van der Waals surface area contributed by atoms with E-state index in [0.29, 0.717) is 21.3 Å². The highest BCUT2D eigenvalue weighted by atomic mass is 35.5. The minimum atomic E-state index is -4.13. The molecule has 214 valence electrons. The number of hydrogen-bond donors (Lipinski definition) is 1. The van der Waals surface area contributed by atoms with Crippen LogP contribution >= 0.6 is 23.2 Å². The molecule has 0 bridgehead atoms. The fraction of sp³-hybridized carbons (Fsp3) is 0.333. The molecule has 0 spiro atoms. The summed E-state index contributed by atoms with van der Waals surface area (Å²) in [6.45, 7) is 10.4. The maximum absolute atomic E-state index is 14.0. The van der Waals surface area contributed by atoms with Crippen LogP contribution in [0.2, 0.25) is 10.0 Å². The number of halogens is 2. The number of carbonyl (C=O) groups is 2. The molecular formula is C30H35Cl2N3O4S. The average molecular weight is 605 g/mol. The zero-order chi connectivity index (χ0) is 29.8.